The summed E-state index contributed by atoms with van der Waals surface area (Å²) >= 11 is 0. The van der Waals surface area contributed by atoms with Crippen LogP contribution in [0.5, 0.6) is 0 Å². The van der Waals surface area contributed by atoms with Gasteiger partial charge in [0, 0.05) is 25.8 Å². The number of rotatable bonds is 7. The zero-order valence-electron chi connectivity index (χ0n) is 13.4. The number of nitrogens with one attached hydrogen (secondary N) is 1. The van der Waals surface area contributed by atoms with Crippen LogP contribution in [0.2, 0.25) is 0 Å². The van der Waals surface area contributed by atoms with Crippen molar-refractivity contribution in [3.05, 3.63) is 47.0 Å². The zero-order valence-corrected chi connectivity index (χ0v) is 13.4. The van der Waals surface area contributed by atoms with E-state index in [0.717, 1.165) is 37.2 Å². The highest BCUT2D eigenvalue weighted by molar-refractivity contribution is 5.94. The molecule has 1 aromatic carbocycles. The highest BCUT2D eigenvalue weighted by Gasteiger charge is 2.14. The van der Waals surface area contributed by atoms with Crippen molar-refractivity contribution >= 4 is 5.91 Å². The number of nitrogens with zero attached hydrogens (tertiary/aromatic N) is 3. The van der Waals surface area contributed by atoms with Gasteiger partial charge >= 0.3 is 0 Å². The first-order chi connectivity index (χ1) is 11.3. The summed E-state index contributed by atoms with van der Waals surface area (Å²) in [6, 6.07) is 5.99. The molecule has 1 aromatic heterocycles. The van der Waals surface area contributed by atoms with E-state index in [9.17, 15) is 4.79 Å². The van der Waals surface area contributed by atoms with Gasteiger partial charge in [0.25, 0.3) is 5.91 Å². The Bertz CT molecular complexity index is 681. The van der Waals surface area contributed by atoms with Crippen LogP contribution in [0.1, 0.15) is 40.2 Å². The summed E-state index contributed by atoms with van der Waals surface area (Å²) in [4.78, 5) is 12.3. The quantitative estimate of drug-likeness (QED) is 0.790. The predicted molar refractivity (Wildman–Crippen MR) is 86.2 cm³/mol. The number of benzene rings is 1. The van der Waals surface area contributed by atoms with E-state index in [4.69, 9.17) is 4.74 Å². The van der Waals surface area contributed by atoms with Gasteiger partial charge in [-0.1, -0.05) is 6.07 Å². The molecule has 1 aliphatic rings. The van der Waals surface area contributed by atoms with E-state index < -0.39 is 0 Å². The predicted octanol–water partition coefficient (Wildman–Crippen LogP) is 1.73. The van der Waals surface area contributed by atoms with Crippen molar-refractivity contribution in [1.82, 2.24) is 20.1 Å². The van der Waals surface area contributed by atoms with Crippen molar-refractivity contribution in [2.75, 3.05) is 13.7 Å². The minimum absolute atomic E-state index is 0.0638. The molecule has 1 heterocycles. The smallest absolute Gasteiger partial charge is 0.251 e. The molecule has 0 bridgehead atoms. The monoisotopic (exact) mass is 314 g/mol. The summed E-state index contributed by atoms with van der Waals surface area (Å²) in [6.07, 6.45) is 5.96. The molecule has 6 nitrogen and oxygen atoms in total. The molecule has 0 unspecified atom stereocenters. The lowest BCUT2D eigenvalue weighted by Gasteiger charge is -2.08. The Hall–Kier alpha value is -2.21. The third-order valence-corrected chi connectivity index (χ3v) is 4.21. The van der Waals surface area contributed by atoms with Crippen LogP contribution in [0.3, 0.4) is 0 Å². The number of aromatic nitrogens is 3. The van der Waals surface area contributed by atoms with Crippen LogP contribution in [0.25, 0.3) is 0 Å². The summed E-state index contributed by atoms with van der Waals surface area (Å²) in [7, 11) is 1.68. The largest absolute Gasteiger partial charge is 0.385 e. The lowest BCUT2D eigenvalue weighted by Crippen LogP contribution is -2.25. The fraction of sp³-hybridized carbons (Fsp3) is 0.471. The third-order valence-electron chi connectivity index (χ3n) is 4.21. The molecule has 1 aliphatic carbocycles. The van der Waals surface area contributed by atoms with E-state index in [0.29, 0.717) is 13.2 Å². The van der Waals surface area contributed by atoms with Crippen molar-refractivity contribution in [3.63, 3.8) is 0 Å². The van der Waals surface area contributed by atoms with Gasteiger partial charge in [-0.15, -0.1) is 10.2 Å². The molecule has 0 spiro atoms. The van der Waals surface area contributed by atoms with E-state index >= 15 is 0 Å². The van der Waals surface area contributed by atoms with Crippen LogP contribution in [0.15, 0.2) is 24.5 Å². The molecular weight excluding hydrogens is 292 g/mol. The molecule has 1 N–H and O–H groups in total. The maximum atomic E-state index is 12.3. The normalized spacial score (nSPS) is 13.1. The van der Waals surface area contributed by atoms with Gasteiger partial charge < -0.3 is 14.6 Å². The number of fused-ring (bicyclic) bond motifs is 1. The summed E-state index contributed by atoms with van der Waals surface area (Å²) < 4.78 is 7.00. The van der Waals surface area contributed by atoms with Gasteiger partial charge in [-0.3, -0.25) is 4.79 Å². The average molecular weight is 314 g/mol. The van der Waals surface area contributed by atoms with Crippen LogP contribution in [-0.4, -0.2) is 34.4 Å². The molecule has 2 aromatic rings. The van der Waals surface area contributed by atoms with Gasteiger partial charge in [-0.25, -0.2) is 0 Å². The number of aryl methyl sites for hydroxylation is 3. The number of amides is 1. The van der Waals surface area contributed by atoms with Gasteiger partial charge in [0.15, 0.2) is 5.82 Å². The minimum Gasteiger partial charge on any atom is -0.385 e. The standard InChI is InChI=1S/C17H22N4O2/c1-23-9-3-8-21-12-19-20-16(21)11-18-17(22)15-7-6-13-4-2-5-14(13)10-15/h6-7,10,12H,2-5,8-9,11H2,1H3,(H,18,22). The molecule has 0 saturated heterocycles. The number of hydrogen-bond acceptors (Lipinski definition) is 4. The van der Waals surface area contributed by atoms with Gasteiger partial charge in [-0.2, -0.15) is 0 Å². The number of hydrogen-bond donors (Lipinski definition) is 1. The lowest BCUT2D eigenvalue weighted by molar-refractivity contribution is 0.0949. The summed E-state index contributed by atoms with van der Waals surface area (Å²) in [5.74, 6) is 0.696. The lowest BCUT2D eigenvalue weighted by atomic mass is 10.1. The molecule has 0 radical (unpaired) electrons. The molecule has 23 heavy (non-hydrogen) atoms. The Kier molecular flexibility index (Phi) is 5.02. The van der Waals surface area contributed by atoms with Gasteiger partial charge in [-0.05, 0) is 48.9 Å². The fourth-order valence-corrected chi connectivity index (χ4v) is 2.96. The van der Waals surface area contributed by atoms with Crippen molar-refractivity contribution < 1.29 is 9.53 Å². The van der Waals surface area contributed by atoms with E-state index in [1.165, 1.54) is 17.5 Å². The van der Waals surface area contributed by atoms with Crippen LogP contribution in [-0.2, 0) is 30.7 Å². The van der Waals surface area contributed by atoms with Gasteiger partial charge in [0.2, 0.25) is 0 Å². The molecule has 1 amide bonds. The highest BCUT2D eigenvalue weighted by Crippen LogP contribution is 2.22. The number of methoxy groups -OCH3 is 1. The molecule has 6 heteroatoms. The van der Waals surface area contributed by atoms with Crippen molar-refractivity contribution in [2.24, 2.45) is 0 Å². The first-order valence-electron chi connectivity index (χ1n) is 8.03. The Balaban J connectivity index is 1.58. The Labute approximate surface area is 135 Å². The van der Waals surface area contributed by atoms with E-state index in [1.807, 2.05) is 16.7 Å². The fourth-order valence-electron chi connectivity index (χ4n) is 2.96. The topological polar surface area (TPSA) is 69.0 Å². The third kappa shape index (κ3) is 3.76. The van der Waals surface area contributed by atoms with Crippen LogP contribution < -0.4 is 5.32 Å². The van der Waals surface area contributed by atoms with E-state index in [2.05, 4.69) is 21.6 Å². The maximum Gasteiger partial charge on any atom is 0.251 e. The molecule has 0 aliphatic heterocycles. The van der Waals surface area contributed by atoms with E-state index in [-0.39, 0.29) is 5.91 Å². The molecule has 0 atom stereocenters. The van der Waals surface area contributed by atoms with Crippen molar-refractivity contribution in [3.8, 4) is 0 Å². The van der Waals surface area contributed by atoms with Gasteiger partial charge in [0.05, 0.1) is 6.54 Å². The number of carbonyl (C=O) groups excluding carboxylic acids is 1. The molecule has 0 saturated carbocycles. The van der Waals surface area contributed by atoms with Crippen LogP contribution in [0, 0.1) is 0 Å². The average Bonchev–Trinajstić information content (AvgIpc) is 3.21. The molecular formula is C17H22N4O2. The summed E-state index contributed by atoms with van der Waals surface area (Å²) in [5.41, 5.74) is 3.40. The summed E-state index contributed by atoms with van der Waals surface area (Å²) in [6.45, 7) is 1.85. The van der Waals surface area contributed by atoms with Crippen molar-refractivity contribution in [1.29, 1.82) is 0 Å². The Morgan fingerprint density at radius 3 is 3.09 bits per heavy atom. The Morgan fingerprint density at radius 1 is 1.35 bits per heavy atom. The van der Waals surface area contributed by atoms with E-state index in [1.54, 1.807) is 13.4 Å². The maximum absolute atomic E-state index is 12.3. The SMILES string of the molecule is COCCCn1cnnc1CNC(=O)c1ccc2c(c1)CCC2. The van der Waals surface area contributed by atoms with Gasteiger partial charge in [0.1, 0.15) is 6.33 Å². The molecule has 122 valence electrons. The molecule has 3 rings (SSSR count). The summed E-state index contributed by atoms with van der Waals surface area (Å²) in [5, 5.41) is 10.9. The van der Waals surface area contributed by atoms with Crippen LogP contribution in [0.4, 0.5) is 0 Å². The molecule has 0 fully saturated rings. The first-order valence-corrected chi connectivity index (χ1v) is 8.03. The second-order valence-electron chi connectivity index (χ2n) is 5.81. The number of ether oxygens (including phenoxy) is 1. The minimum atomic E-state index is -0.0638. The zero-order chi connectivity index (χ0) is 16.1. The Morgan fingerprint density at radius 2 is 2.22 bits per heavy atom. The van der Waals surface area contributed by atoms with Crippen LogP contribution >= 0.6 is 0 Å². The number of carbonyl (C=O) groups is 1. The first kappa shape index (κ1) is 15.7. The highest BCUT2D eigenvalue weighted by atomic mass is 16.5. The second-order valence-corrected chi connectivity index (χ2v) is 5.81. The second kappa shape index (κ2) is 7.37. The van der Waals surface area contributed by atoms with Crippen molar-refractivity contribution in [2.45, 2.75) is 38.8 Å².